The lowest BCUT2D eigenvalue weighted by Crippen LogP contribution is -2.22. The van der Waals surface area contributed by atoms with E-state index in [0.717, 1.165) is 28.3 Å². The SMILES string of the molecule is CSc1ccc(F)cc1CN=C(N)Nc1ccc2c(c1)OCCCO2.I. The van der Waals surface area contributed by atoms with Crippen molar-refractivity contribution < 1.29 is 13.9 Å². The second kappa shape index (κ2) is 9.86. The van der Waals surface area contributed by atoms with Gasteiger partial charge in [-0.15, -0.1) is 35.7 Å². The van der Waals surface area contributed by atoms with E-state index in [4.69, 9.17) is 15.2 Å². The largest absolute Gasteiger partial charge is 0.490 e. The molecule has 0 saturated carbocycles. The molecule has 0 fully saturated rings. The Kier molecular flexibility index (Phi) is 7.83. The van der Waals surface area contributed by atoms with Crippen molar-refractivity contribution in [3.05, 3.63) is 47.8 Å². The summed E-state index contributed by atoms with van der Waals surface area (Å²) in [5, 5.41) is 3.03. The maximum Gasteiger partial charge on any atom is 0.193 e. The van der Waals surface area contributed by atoms with Gasteiger partial charge in [0.1, 0.15) is 5.82 Å². The van der Waals surface area contributed by atoms with Gasteiger partial charge in [-0.1, -0.05) is 0 Å². The lowest BCUT2D eigenvalue weighted by Gasteiger charge is -2.11. The number of thioether (sulfide) groups is 1. The molecule has 0 aromatic heterocycles. The zero-order valence-electron chi connectivity index (χ0n) is 14.3. The quantitative estimate of drug-likeness (QED) is 0.291. The van der Waals surface area contributed by atoms with Crippen molar-refractivity contribution in [2.24, 2.45) is 10.7 Å². The summed E-state index contributed by atoms with van der Waals surface area (Å²) in [7, 11) is 0. The van der Waals surface area contributed by atoms with Crippen LogP contribution in [0.5, 0.6) is 11.5 Å². The summed E-state index contributed by atoms with van der Waals surface area (Å²) >= 11 is 1.55. The Labute approximate surface area is 173 Å². The summed E-state index contributed by atoms with van der Waals surface area (Å²) in [4.78, 5) is 5.28. The van der Waals surface area contributed by atoms with E-state index in [2.05, 4.69) is 10.3 Å². The van der Waals surface area contributed by atoms with Gasteiger partial charge in [-0.2, -0.15) is 0 Å². The summed E-state index contributed by atoms with van der Waals surface area (Å²) in [6, 6.07) is 10.2. The number of nitrogens with zero attached hydrogens (tertiary/aromatic N) is 1. The number of halogens is 2. The third-order valence-corrected chi connectivity index (χ3v) is 4.52. The number of fused-ring (bicyclic) bond motifs is 1. The molecule has 1 aliphatic heterocycles. The maximum absolute atomic E-state index is 13.4. The summed E-state index contributed by atoms with van der Waals surface area (Å²) in [5.41, 5.74) is 7.52. The molecule has 0 spiro atoms. The van der Waals surface area contributed by atoms with Crippen LogP contribution >= 0.6 is 35.7 Å². The van der Waals surface area contributed by atoms with E-state index in [-0.39, 0.29) is 35.8 Å². The first-order chi connectivity index (χ1) is 12.2. The van der Waals surface area contributed by atoms with Gasteiger partial charge in [0, 0.05) is 23.1 Å². The van der Waals surface area contributed by atoms with E-state index in [1.807, 2.05) is 24.5 Å². The minimum absolute atomic E-state index is 0. The Morgan fingerprint density at radius 1 is 1.19 bits per heavy atom. The number of anilines is 1. The number of aliphatic imine (C=N–C) groups is 1. The Balaban J connectivity index is 0.00000243. The molecule has 0 aliphatic carbocycles. The van der Waals surface area contributed by atoms with Crippen LogP contribution in [0.2, 0.25) is 0 Å². The standard InChI is InChI=1S/C18H20FN3O2S.HI/c1-25-17-6-3-13(19)9-12(17)11-21-18(20)22-14-4-5-15-16(10-14)24-8-2-7-23-15;/h3-6,9-10H,2,7-8,11H2,1H3,(H3,20,21,22);1H. The van der Waals surface area contributed by atoms with Crippen LogP contribution in [0.25, 0.3) is 0 Å². The zero-order chi connectivity index (χ0) is 17.6. The van der Waals surface area contributed by atoms with Gasteiger partial charge in [-0.05, 0) is 42.2 Å². The maximum atomic E-state index is 13.4. The van der Waals surface area contributed by atoms with Gasteiger partial charge in [0.05, 0.1) is 19.8 Å². The fourth-order valence-corrected chi connectivity index (χ4v) is 3.06. The number of guanidine groups is 1. The number of ether oxygens (including phenoxy) is 2. The molecule has 0 atom stereocenters. The van der Waals surface area contributed by atoms with E-state index < -0.39 is 0 Å². The average molecular weight is 489 g/mol. The van der Waals surface area contributed by atoms with Crippen molar-refractivity contribution in [3.8, 4) is 11.5 Å². The molecule has 3 N–H and O–H groups in total. The molecule has 8 heteroatoms. The Bertz CT molecular complexity index is 789. The molecule has 5 nitrogen and oxygen atoms in total. The number of nitrogens with one attached hydrogen (secondary N) is 1. The van der Waals surface area contributed by atoms with Crippen molar-refractivity contribution in [1.82, 2.24) is 0 Å². The van der Waals surface area contributed by atoms with Crippen LogP contribution in [0.1, 0.15) is 12.0 Å². The second-order valence-corrected chi connectivity index (χ2v) is 6.34. The molecule has 2 aromatic rings. The highest BCUT2D eigenvalue weighted by Gasteiger charge is 2.11. The number of hydrogen-bond acceptors (Lipinski definition) is 4. The number of benzene rings is 2. The fraction of sp³-hybridized carbons (Fsp3) is 0.278. The molecule has 0 bridgehead atoms. The molecule has 1 aliphatic rings. The van der Waals surface area contributed by atoms with E-state index in [9.17, 15) is 4.39 Å². The molecule has 0 amide bonds. The molecule has 2 aromatic carbocycles. The molecular weight excluding hydrogens is 468 g/mol. The van der Waals surface area contributed by atoms with Crippen molar-refractivity contribution >= 4 is 47.4 Å². The molecule has 0 saturated heterocycles. The Hall–Kier alpha value is -1.68. The average Bonchev–Trinajstić information content (AvgIpc) is 2.85. The Morgan fingerprint density at radius 3 is 2.73 bits per heavy atom. The molecular formula is C18H21FIN3O2S. The summed E-state index contributed by atoms with van der Waals surface area (Å²) in [6.45, 7) is 1.57. The van der Waals surface area contributed by atoms with Crippen LogP contribution in [-0.4, -0.2) is 25.4 Å². The second-order valence-electron chi connectivity index (χ2n) is 5.49. The molecule has 26 heavy (non-hydrogen) atoms. The number of nitrogens with two attached hydrogens (primary N) is 1. The van der Waals surface area contributed by atoms with Crippen molar-refractivity contribution in [3.63, 3.8) is 0 Å². The van der Waals surface area contributed by atoms with Crippen molar-refractivity contribution in [2.75, 3.05) is 24.8 Å². The minimum atomic E-state index is -0.280. The monoisotopic (exact) mass is 489 g/mol. The first-order valence-corrected chi connectivity index (χ1v) is 9.17. The van der Waals surface area contributed by atoms with Crippen LogP contribution in [-0.2, 0) is 6.54 Å². The van der Waals surface area contributed by atoms with Gasteiger partial charge in [0.25, 0.3) is 0 Å². The predicted molar refractivity (Wildman–Crippen MR) is 115 cm³/mol. The van der Waals surface area contributed by atoms with E-state index in [1.54, 1.807) is 17.8 Å². The molecule has 1 heterocycles. The minimum Gasteiger partial charge on any atom is -0.490 e. The lowest BCUT2D eigenvalue weighted by atomic mass is 10.2. The highest BCUT2D eigenvalue weighted by atomic mass is 127. The Morgan fingerprint density at radius 2 is 1.96 bits per heavy atom. The van der Waals surface area contributed by atoms with Crippen LogP contribution in [0, 0.1) is 5.82 Å². The highest BCUT2D eigenvalue weighted by Crippen LogP contribution is 2.32. The summed E-state index contributed by atoms with van der Waals surface area (Å²) in [6.07, 6.45) is 2.80. The molecule has 0 radical (unpaired) electrons. The smallest absolute Gasteiger partial charge is 0.193 e. The lowest BCUT2D eigenvalue weighted by molar-refractivity contribution is 0.297. The van der Waals surface area contributed by atoms with Crippen LogP contribution in [0.3, 0.4) is 0 Å². The van der Waals surface area contributed by atoms with Gasteiger partial charge < -0.3 is 20.5 Å². The van der Waals surface area contributed by atoms with Gasteiger partial charge in [0.15, 0.2) is 17.5 Å². The van der Waals surface area contributed by atoms with Crippen LogP contribution in [0.4, 0.5) is 10.1 Å². The van der Waals surface area contributed by atoms with E-state index >= 15 is 0 Å². The van der Waals surface area contributed by atoms with Crippen LogP contribution < -0.4 is 20.5 Å². The normalized spacial score (nSPS) is 13.5. The first kappa shape index (κ1) is 20.6. The van der Waals surface area contributed by atoms with Gasteiger partial charge in [-0.25, -0.2) is 9.38 Å². The highest BCUT2D eigenvalue weighted by molar-refractivity contribution is 14.0. The summed E-state index contributed by atoms with van der Waals surface area (Å²) < 4.78 is 24.7. The number of hydrogen-bond donors (Lipinski definition) is 2. The van der Waals surface area contributed by atoms with Gasteiger partial charge in [0.2, 0.25) is 0 Å². The molecule has 140 valence electrons. The number of rotatable bonds is 4. The third-order valence-electron chi connectivity index (χ3n) is 3.68. The molecule has 3 rings (SSSR count). The summed E-state index contributed by atoms with van der Waals surface area (Å²) in [5.74, 6) is 1.39. The topological polar surface area (TPSA) is 68.9 Å². The predicted octanol–water partition coefficient (Wildman–Crippen LogP) is 4.25. The fourth-order valence-electron chi connectivity index (χ4n) is 2.47. The first-order valence-electron chi connectivity index (χ1n) is 7.95. The van der Waals surface area contributed by atoms with E-state index in [0.29, 0.717) is 25.5 Å². The zero-order valence-corrected chi connectivity index (χ0v) is 17.5. The van der Waals surface area contributed by atoms with E-state index in [1.165, 1.54) is 12.1 Å². The van der Waals surface area contributed by atoms with Crippen molar-refractivity contribution in [1.29, 1.82) is 0 Å². The third kappa shape index (κ3) is 5.41. The van der Waals surface area contributed by atoms with Crippen molar-refractivity contribution in [2.45, 2.75) is 17.9 Å². The van der Waals surface area contributed by atoms with Crippen LogP contribution in [0.15, 0.2) is 46.3 Å². The van der Waals surface area contributed by atoms with Gasteiger partial charge >= 0.3 is 0 Å². The van der Waals surface area contributed by atoms with Gasteiger partial charge in [-0.3, -0.25) is 0 Å². The molecule has 0 unspecified atom stereocenters.